The van der Waals surface area contributed by atoms with Gasteiger partial charge in [0.05, 0.1) is 5.69 Å². The van der Waals surface area contributed by atoms with E-state index >= 15 is 0 Å². The van der Waals surface area contributed by atoms with Crippen LogP contribution in [-0.4, -0.2) is 15.5 Å². The predicted octanol–water partition coefficient (Wildman–Crippen LogP) is 2.23. The molecular weight excluding hydrogens is 274 g/mol. The molecule has 0 atom stereocenters. The number of hydrogen-bond acceptors (Lipinski definition) is 4. The molecule has 0 aromatic heterocycles. The van der Waals surface area contributed by atoms with Crippen LogP contribution < -0.4 is 15.8 Å². The highest BCUT2D eigenvalue weighted by Gasteiger charge is 2.17. The number of hydrogen-bond donors (Lipinski definition) is 3. The van der Waals surface area contributed by atoms with Gasteiger partial charge in [-0.05, 0) is 49.9 Å². The van der Waals surface area contributed by atoms with Crippen molar-refractivity contribution in [1.29, 1.82) is 0 Å². The summed E-state index contributed by atoms with van der Waals surface area (Å²) in [5, 5.41) is 3.11. The Morgan fingerprint density at radius 1 is 1.10 bits per heavy atom. The third kappa shape index (κ3) is 3.09. The Kier molecular flexibility index (Phi) is 3.96. The third-order valence-corrected chi connectivity index (χ3v) is 4.32. The number of nitrogens with two attached hydrogens (primary N) is 1. The van der Waals surface area contributed by atoms with E-state index in [0.717, 1.165) is 11.3 Å². The maximum Gasteiger partial charge on any atom is 0.242 e. The van der Waals surface area contributed by atoms with E-state index in [0.29, 0.717) is 11.4 Å². The quantitative estimate of drug-likeness (QED) is 0.754. The van der Waals surface area contributed by atoms with Crippen molar-refractivity contribution in [3.8, 4) is 0 Å². The normalized spacial score (nSPS) is 11.3. The molecule has 0 aliphatic carbocycles. The van der Waals surface area contributed by atoms with Crippen molar-refractivity contribution in [3.05, 3.63) is 48.0 Å². The molecule has 0 fully saturated rings. The van der Waals surface area contributed by atoms with Crippen LogP contribution in [-0.2, 0) is 10.0 Å². The molecule has 20 heavy (non-hydrogen) atoms. The van der Waals surface area contributed by atoms with E-state index in [4.69, 9.17) is 5.73 Å². The summed E-state index contributed by atoms with van der Waals surface area (Å²) >= 11 is 0. The number of nitrogen functional groups attached to an aromatic ring is 1. The predicted molar refractivity (Wildman–Crippen MR) is 81.6 cm³/mol. The van der Waals surface area contributed by atoms with Crippen molar-refractivity contribution in [2.24, 2.45) is 0 Å². The summed E-state index contributed by atoms with van der Waals surface area (Å²) in [6.07, 6.45) is 0. The van der Waals surface area contributed by atoms with Gasteiger partial charge in [0.1, 0.15) is 4.90 Å². The van der Waals surface area contributed by atoms with Crippen LogP contribution in [0.2, 0.25) is 0 Å². The van der Waals surface area contributed by atoms with Crippen LogP contribution in [0.1, 0.15) is 5.56 Å². The van der Waals surface area contributed by atoms with Crippen LogP contribution >= 0.6 is 0 Å². The molecule has 2 rings (SSSR count). The van der Waals surface area contributed by atoms with Crippen LogP contribution in [0.5, 0.6) is 0 Å². The van der Waals surface area contributed by atoms with Crippen LogP contribution in [0.15, 0.2) is 47.4 Å². The monoisotopic (exact) mass is 291 g/mol. The topological polar surface area (TPSA) is 84.2 Å². The SMILES string of the molecule is CNS(=O)(=O)c1cc(N)ccc1Nc1cccc(C)c1. The molecule has 6 heteroatoms. The number of rotatable bonds is 4. The second-order valence-electron chi connectivity index (χ2n) is 4.46. The van der Waals surface area contributed by atoms with Crippen LogP contribution in [0.25, 0.3) is 0 Å². The molecule has 2 aromatic rings. The Bertz CT molecular complexity index is 727. The Balaban J connectivity index is 2.47. The van der Waals surface area contributed by atoms with Gasteiger partial charge in [-0.2, -0.15) is 0 Å². The van der Waals surface area contributed by atoms with Gasteiger partial charge in [-0.1, -0.05) is 12.1 Å². The molecule has 2 aromatic carbocycles. The van der Waals surface area contributed by atoms with E-state index in [1.165, 1.54) is 13.1 Å². The smallest absolute Gasteiger partial charge is 0.242 e. The van der Waals surface area contributed by atoms with Gasteiger partial charge < -0.3 is 11.1 Å². The number of anilines is 3. The first kappa shape index (κ1) is 14.4. The molecule has 0 bridgehead atoms. The minimum Gasteiger partial charge on any atom is -0.399 e. The molecule has 0 amide bonds. The van der Waals surface area contributed by atoms with E-state index in [1.807, 2.05) is 31.2 Å². The van der Waals surface area contributed by atoms with Crippen molar-refractivity contribution in [1.82, 2.24) is 4.72 Å². The summed E-state index contributed by atoms with van der Waals surface area (Å²) in [4.78, 5) is 0.126. The van der Waals surface area contributed by atoms with Gasteiger partial charge in [-0.15, -0.1) is 0 Å². The second-order valence-corrected chi connectivity index (χ2v) is 6.31. The van der Waals surface area contributed by atoms with Crippen LogP contribution in [0.4, 0.5) is 17.1 Å². The molecule has 106 valence electrons. The van der Waals surface area contributed by atoms with E-state index in [2.05, 4.69) is 10.0 Å². The van der Waals surface area contributed by atoms with Crippen LogP contribution in [0.3, 0.4) is 0 Å². The zero-order valence-electron chi connectivity index (χ0n) is 11.3. The molecular formula is C14H17N3O2S. The van der Waals surface area contributed by atoms with Crippen molar-refractivity contribution >= 4 is 27.1 Å². The van der Waals surface area contributed by atoms with E-state index in [1.54, 1.807) is 12.1 Å². The fraction of sp³-hybridized carbons (Fsp3) is 0.143. The summed E-state index contributed by atoms with van der Waals surface area (Å²) in [5.41, 5.74) is 8.47. The van der Waals surface area contributed by atoms with E-state index in [-0.39, 0.29) is 4.90 Å². The van der Waals surface area contributed by atoms with Crippen molar-refractivity contribution in [3.63, 3.8) is 0 Å². The van der Waals surface area contributed by atoms with Gasteiger partial charge >= 0.3 is 0 Å². The van der Waals surface area contributed by atoms with Gasteiger partial charge in [-0.25, -0.2) is 13.1 Å². The molecule has 0 saturated heterocycles. The van der Waals surface area contributed by atoms with Gasteiger partial charge in [-0.3, -0.25) is 0 Å². The Labute approximate surface area is 118 Å². The van der Waals surface area contributed by atoms with Gasteiger partial charge in [0.25, 0.3) is 0 Å². The summed E-state index contributed by atoms with van der Waals surface area (Å²) in [7, 11) is -2.20. The fourth-order valence-electron chi connectivity index (χ4n) is 1.85. The summed E-state index contributed by atoms with van der Waals surface area (Å²) < 4.78 is 26.3. The Hall–Kier alpha value is -2.05. The van der Waals surface area contributed by atoms with Gasteiger partial charge in [0.15, 0.2) is 0 Å². The van der Waals surface area contributed by atoms with Crippen molar-refractivity contribution < 1.29 is 8.42 Å². The lowest BCUT2D eigenvalue weighted by atomic mass is 10.2. The molecule has 0 saturated carbocycles. The highest BCUT2D eigenvalue weighted by molar-refractivity contribution is 7.89. The first-order valence-electron chi connectivity index (χ1n) is 6.09. The van der Waals surface area contributed by atoms with Gasteiger partial charge in [0.2, 0.25) is 10.0 Å². The maximum atomic E-state index is 12.0. The van der Waals surface area contributed by atoms with Crippen LogP contribution in [0, 0.1) is 6.92 Å². The molecule has 0 aliphatic rings. The third-order valence-electron chi connectivity index (χ3n) is 2.86. The zero-order chi connectivity index (χ0) is 14.8. The minimum atomic E-state index is -3.57. The molecule has 0 aliphatic heterocycles. The lowest BCUT2D eigenvalue weighted by Crippen LogP contribution is -2.20. The number of benzene rings is 2. The standard InChI is InChI=1S/C14H17N3O2S/c1-10-4-3-5-12(8-10)17-13-7-6-11(15)9-14(13)20(18,19)16-2/h3-9,16-17H,15H2,1-2H3. The highest BCUT2D eigenvalue weighted by atomic mass is 32.2. The van der Waals surface area contributed by atoms with Gasteiger partial charge in [0, 0.05) is 11.4 Å². The molecule has 0 radical (unpaired) electrons. The highest BCUT2D eigenvalue weighted by Crippen LogP contribution is 2.27. The Morgan fingerprint density at radius 3 is 2.50 bits per heavy atom. The molecule has 4 N–H and O–H groups in total. The molecule has 0 heterocycles. The zero-order valence-corrected chi connectivity index (χ0v) is 12.2. The summed E-state index contributed by atoms with van der Waals surface area (Å²) in [6.45, 7) is 1.97. The lowest BCUT2D eigenvalue weighted by Gasteiger charge is -2.13. The lowest BCUT2D eigenvalue weighted by molar-refractivity contribution is 0.588. The average molecular weight is 291 g/mol. The largest absolute Gasteiger partial charge is 0.399 e. The summed E-state index contributed by atoms with van der Waals surface area (Å²) in [5.74, 6) is 0. The maximum absolute atomic E-state index is 12.0. The average Bonchev–Trinajstić information content (AvgIpc) is 2.41. The van der Waals surface area contributed by atoms with E-state index in [9.17, 15) is 8.42 Å². The molecule has 5 nitrogen and oxygen atoms in total. The first-order chi connectivity index (χ1) is 9.42. The van der Waals surface area contributed by atoms with E-state index < -0.39 is 10.0 Å². The number of sulfonamides is 1. The number of nitrogens with one attached hydrogen (secondary N) is 2. The Morgan fingerprint density at radius 2 is 1.85 bits per heavy atom. The first-order valence-corrected chi connectivity index (χ1v) is 7.57. The minimum absolute atomic E-state index is 0.126. The number of aryl methyl sites for hydroxylation is 1. The van der Waals surface area contributed by atoms with Crippen molar-refractivity contribution in [2.75, 3.05) is 18.1 Å². The molecule has 0 spiro atoms. The second kappa shape index (κ2) is 5.52. The fourth-order valence-corrected chi connectivity index (χ4v) is 2.77. The summed E-state index contributed by atoms with van der Waals surface area (Å²) in [6, 6.07) is 12.4. The molecule has 0 unspecified atom stereocenters. The van der Waals surface area contributed by atoms with Crippen molar-refractivity contribution in [2.45, 2.75) is 11.8 Å².